The molecular formula is C12H14BrN3S. The predicted octanol–water partition coefficient (Wildman–Crippen LogP) is 3.96. The first-order chi connectivity index (χ1) is 8.24. The van der Waals surface area contributed by atoms with Crippen LogP contribution in [0, 0.1) is 0 Å². The Balaban J connectivity index is 2.46. The van der Waals surface area contributed by atoms with Gasteiger partial charge in [-0.15, -0.1) is 0 Å². The van der Waals surface area contributed by atoms with Crippen LogP contribution in [0.1, 0.15) is 19.2 Å². The minimum absolute atomic E-state index is 0.872. The van der Waals surface area contributed by atoms with Crippen molar-refractivity contribution in [3.63, 3.8) is 0 Å². The van der Waals surface area contributed by atoms with Crippen molar-refractivity contribution in [3.8, 4) is 11.3 Å². The zero-order valence-corrected chi connectivity index (χ0v) is 12.2. The van der Waals surface area contributed by atoms with Crippen molar-refractivity contribution in [1.29, 1.82) is 0 Å². The summed E-state index contributed by atoms with van der Waals surface area (Å²) in [6, 6.07) is 1.98. The van der Waals surface area contributed by atoms with Gasteiger partial charge in [0, 0.05) is 40.3 Å². The number of nitrogens with zero attached hydrogens (tertiary/aromatic N) is 2. The maximum atomic E-state index is 4.60. The quantitative estimate of drug-likeness (QED) is 0.928. The molecule has 0 fully saturated rings. The van der Waals surface area contributed by atoms with Crippen molar-refractivity contribution in [2.45, 2.75) is 19.8 Å². The van der Waals surface area contributed by atoms with E-state index in [1.807, 2.05) is 13.1 Å². The summed E-state index contributed by atoms with van der Waals surface area (Å²) in [6.45, 7) is 2.13. The SMILES string of the molecule is CCCc1nc(NC)cc(-c2cscc2Br)n1. The largest absolute Gasteiger partial charge is 0.373 e. The summed E-state index contributed by atoms with van der Waals surface area (Å²) in [5.74, 6) is 1.77. The summed E-state index contributed by atoms with van der Waals surface area (Å²) < 4.78 is 1.09. The van der Waals surface area contributed by atoms with E-state index in [0.29, 0.717) is 0 Å². The van der Waals surface area contributed by atoms with Gasteiger partial charge in [-0.2, -0.15) is 11.3 Å². The lowest BCUT2D eigenvalue weighted by Gasteiger charge is -2.06. The van der Waals surface area contributed by atoms with E-state index in [-0.39, 0.29) is 0 Å². The fourth-order valence-electron chi connectivity index (χ4n) is 1.56. The Hall–Kier alpha value is -0.940. The lowest BCUT2D eigenvalue weighted by atomic mass is 10.2. The number of thiophene rings is 1. The van der Waals surface area contributed by atoms with Crippen molar-refractivity contribution in [1.82, 2.24) is 9.97 Å². The van der Waals surface area contributed by atoms with Crippen LogP contribution in [-0.2, 0) is 6.42 Å². The Labute approximate surface area is 113 Å². The van der Waals surface area contributed by atoms with Gasteiger partial charge >= 0.3 is 0 Å². The van der Waals surface area contributed by atoms with E-state index in [1.54, 1.807) is 11.3 Å². The molecule has 0 radical (unpaired) electrons. The van der Waals surface area contributed by atoms with E-state index in [2.05, 4.69) is 48.9 Å². The molecule has 0 saturated carbocycles. The van der Waals surface area contributed by atoms with Crippen molar-refractivity contribution in [2.24, 2.45) is 0 Å². The molecule has 0 aromatic carbocycles. The topological polar surface area (TPSA) is 37.8 Å². The molecule has 5 heteroatoms. The van der Waals surface area contributed by atoms with E-state index in [0.717, 1.165) is 40.2 Å². The van der Waals surface area contributed by atoms with Gasteiger partial charge < -0.3 is 5.32 Å². The predicted molar refractivity (Wildman–Crippen MR) is 76.6 cm³/mol. The van der Waals surface area contributed by atoms with Gasteiger partial charge in [-0.05, 0) is 22.4 Å². The highest BCUT2D eigenvalue weighted by Crippen LogP contribution is 2.31. The third kappa shape index (κ3) is 2.84. The Morgan fingerprint density at radius 3 is 2.76 bits per heavy atom. The first-order valence-corrected chi connectivity index (χ1v) is 7.26. The van der Waals surface area contributed by atoms with E-state index in [4.69, 9.17) is 0 Å². The summed E-state index contributed by atoms with van der Waals surface area (Å²) in [4.78, 5) is 9.05. The first-order valence-electron chi connectivity index (χ1n) is 5.52. The third-order valence-electron chi connectivity index (χ3n) is 2.39. The number of hydrogen-bond donors (Lipinski definition) is 1. The van der Waals surface area contributed by atoms with Crippen LogP contribution in [0.15, 0.2) is 21.3 Å². The molecule has 2 heterocycles. The highest BCUT2D eigenvalue weighted by molar-refractivity contribution is 9.10. The van der Waals surface area contributed by atoms with Crippen LogP contribution in [-0.4, -0.2) is 17.0 Å². The lowest BCUT2D eigenvalue weighted by Crippen LogP contribution is -2.01. The maximum Gasteiger partial charge on any atom is 0.131 e. The normalized spacial score (nSPS) is 10.5. The lowest BCUT2D eigenvalue weighted by molar-refractivity contribution is 0.838. The second-order valence-electron chi connectivity index (χ2n) is 3.69. The monoisotopic (exact) mass is 311 g/mol. The number of hydrogen-bond acceptors (Lipinski definition) is 4. The number of nitrogens with one attached hydrogen (secondary N) is 1. The van der Waals surface area contributed by atoms with Gasteiger partial charge in [-0.1, -0.05) is 6.92 Å². The van der Waals surface area contributed by atoms with Gasteiger partial charge in [-0.3, -0.25) is 0 Å². The van der Waals surface area contributed by atoms with Crippen molar-refractivity contribution in [3.05, 3.63) is 27.1 Å². The minimum Gasteiger partial charge on any atom is -0.373 e. The number of rotatable bonds is 4. The van der Waals surface area contributed by atoms with Crippen LogP contribution in [0.5, 0.6) is 0 Å². The number of aromatic nitrogens is 2. The Bertz CT molecular complexity index is 510. The number of halogens is 1. The molecule has 0 spiro atoms. The molecule has 3 nitrogen and oxygen atoms in total. The molecule has 0 saturated heterocycles. The molecule has 0 aliphatic heterocycles. The first kappa shape index (κ1) is 12.5. The number of anilines is 1. The van der Waals surface area contributed by atoms with Crippen LogP contribution in [0.25, 0.3) is 11.3 Å². The van der Waals surface area contributed by atoms with Crippen LogP contribution >= 0.6 is 27.3 Å². The van der Waals surface area contributed by atoms with E-state index in [1.165, 1.54) is 0 Å². The Morgan fingerprint density at radius 1 is 1.35 bits per heavy atom. The van der Waals surface area contributed by atoms with Crippen molar-refractivity contribution < 1.29 is 0 Å². The van der Waals surface area contributed by atoms with Crippen LogP contribution in [0.3, 0.4) is 0 Å². The maximum absolute atomic E-state index is 4.60. The fraction of sp³-hybridized carbons (Fsp3) is 0.333. The Kier molecular flexibility index (Phi) is 4.12. The molecule has 0 aliphatic carbocycles. The highest BCUT2D eigenvalue weighted by Gasteiger charge is 2.09. The van der Waals surface area contributed by atoms with Gasteiger partial charge in [0.05, 0.1) is 5.69 Å². The van der Waals surface area contributed by atoms with Gasteiger partial charge in [-0.25, -0.2) is 9.97 Å². The molecule has 90 valence electrons. The molecular weight excluding hydrogens is 298 g/mol. The summed E-state index contributed by atoms with van der Waals surface area (Å²) in [7, 11) is 1.88. The molecule has 2 aromatic heterocycles. The molecule has 0 bridgehead atoms. The van der Waals surface area contributed by atoms with Crippen molar-refractivity contribution >= 4 is 33.1 Å². The molecule has 0 aliphatic rings. The minimum atomic E-state index is 0.872. The standard InChI is InChI=1S/C12H14BrN3S/c1-3-4-11-15-10(5-12(14-2)16-11)8-6-17-7-9(8)13/h5-7H,3-4H2,1-2H3,(H,14,15,16). The van der Waals surface area contributed by atoms with Gasteiger partial charge in [0.2, 0.25) is 0 Å². The second kappa shape index (κ2) is 5.60. The smallest absolute Gasteiger partial charge is 0.131 e. The molecule has 0 unspecified atom stereocenters. The Morgan fingerprint density at radius 2 is 2.18 bits per heavy atom. The van der Waals surface area contributed by atoms with Crippen LogP contribution in [0.2, 0.25) is 0 Å². The molecule has 1 N–H and O–H groups in total. The summed E-state index contributed by atoms with van der Waals surface area (Å²) in [6.07, 6.45) is 1.96. The second-order valence-corrected chi connectivity index (χ2v) is 5.29. The molecule has 17 heavy (non-hydrogen) atoms. The summed E-state index contributed by atoms with van der Waals surface area (Å²) >= 11 is 5.21. The molecule has 2 rings (SSSR count). The average Bonchev–Trinajstić information content (AvgIpc) is 2.75. The van der Waals surface area contributed by atoms with E-state index < -0.39 is 0 Å². The summed E-state index contributed by atoms with van der Waals surface area (Å²) in [5, 5.41) is 7.25. The van der Waals surface area contributed by atoms with Gasteiger partial charge in [0.1, 0.15) is 11.6 Å². The van der Waals surface area contributed by atoms with Crippen molar-refractivity contribution in [2.75, 3.05) is 12.4 Å². The van der Waals surface area contributed by atoms with Gasteiger partial charge in [0.15, 0.2) is 0 Å². The third-order valence-corrected chi connectivity index (χ3v) is 4.10. The number of aryl methyl sites for hydroxylation is 1. The molecule has 2 aromatic rings. The average molecular weight is 312 g/mol. The highest BCUT2D eigenvalue weighted by atomic mass is 79.9. The zero-order chi connectivity index (χ0) is 12.3. The zero-order valence-electron chi connectivity index (χ0n) is 9.83. The van der Waals surface area contributed by atoms with Crippen LogP contribution in [0.4, 0.5) is 5.82 Å². The molecule has 0 amide bonds. The van der Waals surface area contributed by atoms with Gasteiger partial charge in [0.25, 0.3) is 0 Å². The summed E-state index contributed by atoms with van der Waals surface area (Å²) in [5.41, 5.74) is 2.10. The van der Waals surface area contributed by atoms with Crippen LogP contribution < -0.4 is 5.32 Å². The fourth-order valence-corrected chi connectivity index (χ4v) is 3.05. The molecule has 0 atom stereocenters. The van der Waals surface area contributed by atoms with E-state index in [9.17, 15) is 0 Å². The van der Waals surface area contributed by atoms with E-state index >= 15 is 0 Å².